The molecule has 0 saturated carbocycles. The van der Waals surface area contributed by atoms with Gasteiger partial charge in [-0.05, 0) is 24.6 Å². The Labute approximate surface area is 145 Å². The lowest BCUT2D eigenvalue weighted by molar-refractivity contribution is -0.114. The molecule has 0 fully saturated rings. The van der Waals surface area contributed by atoms with Crippen LogP contribution in [0.25, 0.3) is 17.3 Å². The van der Waals surface area contributed by atoms with Crippen LogP contribution in [0.5, 0.6) is 5.75 Å². The van der Waals surface area contributed by atoms with Crippen LogP contribution in [0.4, 0.5) is 10.1 Å². The Kier molecular flexibility index (Phi) is 5.32. The first-order chi connectivity index (χ1) is 11.8. The van der Waals surface area contributed by atoms with Gasteiger partial charge in [-0.2, -0.15) is 0 Å². The van der Waals surface area contributed by atoms with Gasteiger partial charge in [-0.3, -0.25) is 9.59 Å². The summed E-state index contributed by atoms with van der Waals surface area (Å²) < 4.78 is 19.9. The zero-order valence-electron chi connectivity index (χ0n) is 14.6. The normalized spacial score (nSPS) is 10.3. The van der Waals surface area contributed by atoms with E-state index in [4.69, 9.17) is 4.74 Å². The topological polar surface area (TPSA) is 68.3 Å². The molecule has 0 aliphatic rings. The summed E-state index contributed by atoms with van der Waals surface area (Å²) in [6.45, 7) is 8.08. The SMILES string of the molecule is C=Cc1c(NC(C)=O)cc(-c2ccc(C)c(OC)c2F)nc1C(C)=O. The van der Waals surface area contributed by atoms with Crippen molar-refractivity contribution in [3.8, 4) is 17.0 Å². The number of methoxy groups -OCH3 is 1. The fraction of sp³-hybridized carbons (Fsp3) is 0.211. The largest absolute Gasteiger partial charge is 0.493 e. The zero-order valence-corrected chi connectivity index (χ0v) is 14.6. The van der Waals surface area contributed by atoms with Gasteiger partial charge in [0.25, 0.3) is 0 Å². The molecule has 0 saturated heterocycles. The Balaban J connectivity index is 2.78. The molecule has 0 aliphatic heterocycles. The van der Waals surface area contributed by atoms with Crippen LogP contribution in [0, 0.1) is 12.7 Å². The maximum absolute atomic E-state index is 14.8. The number of pyridine rings is 1. The fourth-order valence-corrected chi connectivity index (χ4v) is 2.56. The molecular formula is C19H19FN2O3. The van der Waals surface area contributed by atoms with Gasteiger partial charge >= 0.3 is 0 Å². The predicted molar refractivity (Wildman–Crippen MR) is 95.3 cm³/mol. The highest BCUT2D eigenvalue weighted by Crippen LogP contribution is 2.34. The lowest BCUT2D eigenvalue weighted by atomic mass is 10.0. The van der Waals surface area contributed by atoms with Gasteiger partial charge in [-0.1, -0.05) is 18.7 Å². The number of Topliss-reactive ketones (excluding diaryl/α,β-unsaturated/α-hetero) is 1. The minimum absolute atomic E-state index is 0.107. The second-order valence-corrected chi connectivity index (χ2v) is 5.54. The molecule has 2 rings (SSSR count). The van der Waals surface area contributed by atoms with Gasteiger partial charge in [0.1, 0.15) is 5.69 Å². The Hall–Kier alpha value is -3.02. The smallest absolute Gasteiger partial charge is 0.221 e. The maximum Gasteiger partial charge on any atom is 0.221 e. The van der Waals surface area contributed by atoms with E-state index in [0.29, 0.717) is 16.8 Å². The molecule has 1 aromatic carbocycles. The Morgan fingerprint density at radius 1 is 1.32 bits per heavy atom. The molecule has 0 aliphatic carbocycles. The number of nitrogens with zero attached hydrogens (tertiary/aromatic N) is 1. The van der Waals surface area contributed by atoms with E-state index in [1.165, 1.54) is 33.1 Å². The molecule has 1 amide bonds. The molecule has 0 radical (unpaired) electrons. The number of amides is 1. The molecule has 0 atom stereocenters. The molecule has 2 aromatic rings. The lowest BCUT2D eigenvalue weighted by Gasteiger charge is -2.15. The highest BCUT2D eigenvalue weighted by Gasteiger charge is 2.19. The molecule has 1 N–H and O–H groups in total. The van der Waals surface area contributed by atoms with E-state index in [0.717, 1.165) is 0 Å². The molecule has 0 bridgehead atoms. The number of anilines is 1. The van der Waals surface area contributed by atoms with Gasteiger partial charge in [0.05, 0.1) is 18.5 Å². The molecule has 1 aromatic heterocycles. The number of aryl methyl sites for hydroxylation is 1. The van der Waals surface area contributed by atoms with E-state index in [2.05, 4.69) is 16.9 Å². The van der Waals surface area contributed by atoms with Crippen LogP contribution < -0.4 is 10.1 Å². The van der Waals surface area contributed by atoms with Crippen molar-refractivity contribution in [1.82, 2.24) is 4.98 Å². The van der Waals surface area contributed by atoms with Crippen molar-refractivity contribution in [2.24, 2.45) is 0 Å². The average Bonchev–Trinajstić information content (AvgIpc) is 2.54. The molecule has 5 nitrogen and oxygen atoms in total. The predicted octanol–water partition coefficient (Wildman–Crippen LogP) is 4.01. The van der Waals surface area contributed by atoms with E-state index < -0.39 is 5.82 Å². The molecule has 0 unspecified atom stereocenters. The van der Waals surface area contributed by atoms with Crippen molar-refractivity contribution >= 4 is 23.5 Å². The van der Waals surface area contributed by atoms with Gasteiger partial charge in [0.15, 0.2) is 17.3 Å². The van der Waals surface area contributed by atoms with Crippen molar-refractivity contribution in [3.05, 3.63) is 47.4 Å². The summed E-state index contributed by atoms with van der Waals surface area (Å²) in [6.07, 6.45) is 1.44. The monoisotopic (exact) mass is 342 g/mol. The number of carbonyl (C=O) groups excluding carboxylic acids is 2. The Morgan fingerprint density at radius 3 is 2.52 bits per heavy atom. The number of nitrogens with one attached hydrogen (secondary N) is 1. The Morgan fingerprint density at radius 2 is 2.00 bits per heavy atom. The maximum atomic E-state index is 14.8. The third-order valence-electron chi connectivity index (χ3n) is 3.68. The highest BCUT2D eigenvalue weighted by atomic mass is 19.1. The second-order valence-electron chi connectivity index (χ2n) is 5.54. The number of ketones is 1. The summed E-state index contributed by atoms with van der Waals surface area (Å²) in [5, 5.41) is 2.63. The van der Waals surface area contributed by atoms with Crippen LogP contribution in [0.1, 0.15) is 35.5 Å². The van der Waals surface area contributed by atoms with Crippen LogP contribution in [-0.4, -0.2) is 23.8 Å². The second kappa shape index (κ2) is 7.25. The van der Waals surface area contributed by atoms with Gasteiger partial charge in [0.2, 0.25) is 5.91 Å². The van der Waals surface area contributed by atoms with Gasteiger partial charge in [0, 0.05) is 25.0 Å². The van der Waals surface area contributed by atoms with Crippen molar-refractivity contribution in [2.45, 2.75) is 20.8 Å². The third-order valence-corrected chi connectivity index (χ3v) is 3.68. The molecular weight excluding hydrogens is 323 g/mol. The molecule has 130 valence electrons. The first-order valence-electron chi connectivity index (χ1n) is 7.59. The van der Waals surface area contributed by atoms with Crippen molar-refractivity contribution in [2.75, 3.05) is 12.4 Å². The molecule has 0 spiro atoms. The van der Waals surface area contributed by atoms with E-state index >= 15 is 0 Å². The van der Waals surface area contributed by atoms with E-state index in [9.17, 15) is 14.0 Å². The third kappa shape index (κ3) is 3.57. The number of aromatic nitrogens is 1. The fourth-order valence-electron chi connectivity index (χ4n) is 2.56. The number of rotatable bonds is 5. The number of benzene rings is 1. The number of carbonyl (C=O) groups is 2. The molecule has 6 heteroatoms. The average molecular weight is 342 g/mol. The van der Waals surface area contributed by atoms with Crippen molar-refractivity contribution in [1.29, 1.82) is 0 Å². The number of halogens is 1. The van der Waals surface area contributed by atoms with Crippen LogP contribution in [0.3, 0.4) is 0 Å². The molecule has 25 heavy (non-hydrogen) atoms. The summed E-state index contributed by atoms with van der Waals surface area (Å²) in [6, 6.07) is 4.77. The first-order valence-corrected chi connectivity index (χ1v) is 7.59. The summed E-state index contributed by atoms with van der Waals surface area (Å²) in [7, 11) is 1.38. The molecule has 1 heterocycles. The summed E-state index contributed by atoms with van der Waals surface area (Å²) in [5.74, 6) is -1.11. The summed E-state index contributed by atoms with van der Waals surface area (Å²) >= 11 is 0. The minimum Gasteiger partial charge on any atom is -0.493 e. The van der Waals surface area contributed by atoms with Crippen molar-refractivity contribution in [3.63, 3.8) is 0 Å². The zero-order chi connectivity index (χ0) is 18.7. The van der Waals surface area contributed by atoms with E-state index in [1.54, 1.807) is 19.1 Å². The number of ether oxygens (including phenoxy) is 1. The lowest BCUT2D eigenvalue weighted by Crippen LogP contribution is -2.11. The van der Waals surface area contributed by atoms with Gasteiger partial charge in [-0.15, -0.1) is 0 Å². The van der Waals surface area contributed by atoms with Gasteiger partial charge in [-0.25, -0.2) is 9.37 Å². The van der Waals surface area contributed by atoms with E-state index in [1.807, 2.05) is 0 Å². The van der Waals surface area contributed by atoms with E-state index in [-0.39, 0.29) is 34.4 Å². The van der Waals surface area contributed by atoms with Crippen LogP contribution in [0.2, 0.25) is 0 Å². The van der Waals surface area contributed by atoms with Crippen molar-refractivity contribution < 1.29 is 18.7 Å². The first kappa shape index (κ1) is 18.3. The Bertz CT molecular complexity index is 875. The summed E-state index contributed by atoms with van der Waals surface area (Å²) in [5.41, 5.74) is 1.88. The quantitative estimate of drug-likeness (QED) is 0.834. The van der Waals surface area contributed by atoms with Crippen LogP contribution >= 0.6 is 0 Å². The highest BCUT2D eigenvalue weighted by molar-refractivity contribution is 6.01. The minimum atomic E-state index is -0.579. The van der Waals surface area contributed by atoms with Gasteiger partial charge < -0.3 is 10.1 Å². The van der Waals surface area contributed by atoms with Crippen LogP contribution in [-0.2, 0) is 4.79 Å². The standard InChI is InChI=1S/C19H19FN2O3/c1-6-13-15(21-12(4)24)9-16(22-18(13)11(3)23)14-8-7-10(2)19(25-5)17(14)20/h6-9H,1H2,2-5H3,(H,21,22,24). The van der Waals surface area contributed by atoms with Crippen LogP contribution in [0.15, 0.2) is 24.8 Å². The number of hydrogen-bond donors (Lipinski definition) is 1. The number of hydrogen-bond acceptors (Lipinski definition) is 4. The summed E-state index contributed by atoms with van der Waals surface area (Å²) in [4.78, 5) is 27.7.